The molecular formula is C20H21N3O2. The van der Waals surface area contributed by atoms with Crippen LogP contribution < -0.4 is 15.5 Å². The van der Waals surface area contributed by atoms with Gasteiger partial charge in [0.1, 0.15) is 6.04 Å². The quantitative estimate of drug-likeness (QED) is 0.883. The van der Waals surface area contributed by atoms with Crippen LogP contribution in [0.15, 0.2) is 36.4 Å². The van der Waals surface area contributed by atoms with Gasteiger partial charge in [-0.25, -0.2) is 0 Å². The smallest absolute Gasteiger partial charge is 0.255 e. The summed E-state index contributed by atoms with van der Waals surface area (Å²) in [4.78, 5) is 26.9. The molecule has 25 heavy (non-hydrogen) atoms. The Bertz CT molecular complexity index is 875. The summed E-state index contributed by atoms with van der Waals surface area (Å²) in [6, 6.07) is 11.3. The molecule has 0 aliphatic carbocycles. The molecular weight excluding hydrogens is 314 g/mol. The number of hydrogen-bond donors (Lipinski definition) is 2. The Morgan fingerprint density at radius 3 is 2.80 bits per heavy atom. The van der Waals surface area contributed by atoms with Crippen molar-refractivity contribution in [3.8, 4) is 0 Å². The van der Waals surface area contributed by atoms with Crippen LogP contribution in [0, 0.1) is 13.8 Å². The topological polar surface area (TPSA) is 61.4 Å². The zero-order chi connectivity index (χ0) is 17.6. The lowest BCUT2D eigenvalue weighted by atomic mass is 10.1. The first-order valence-corrected chi connectivity index (χ1v) is 8.63. The van der Waals surface area contributed by atoms with Crippen LogP contribution in [0.1, 0.15) is 34.3 Å². The van der Waals surface area contributed by atoms with Crippen LogP contribution in [-0.2, 0) is 4.79 Å². The first kappa shape index (κ1) is 15.7. The summed E-state index contributed by atoms with van der Waals surface area (Å²) in [5, 5.41) is 5.87. The summed E-state index contributed by atoms with van der Waals surface area (Å²) in [6.07, 6.45) is 1.91. The molecule has 0 spiro atoms. The Morgan fingerprint density at radius 2 is 2.00 bits per heavy atom. The zero-order valence-corrected chi connectivity index (χ0v) is 14.4. The van der Waals surface area contributed by atoms with Crippen molar-refractivity contribution in [1.82, 2.24) is 0 Å². The Morgan fingerprint density at radius 1 is 1.16 bits per heavy atom. The summed E-state index contributed by atoms with van der Waals surface area (Å²) in [5.41, 5.74) is 5.36. The van der Waals surface area contributed by atoms with Gasteiger partial charge in [0, 0.05) is 17.8 Å². The van der Waals surface area contributed by atoms with Crippen LogP contribution >= 0.6 is 0 Å². The van der Waals surface area contributed by atoms with E-state index in [1.807, 2.05) is 44.2 Å². The Balaban J connectivity index is 1.59. The molecule has 0 aromatic heterocycles. The zero-order valence-electron chi connectivity index (χ0n) is 14.4. The number of benzene rings is 2. The fraction of sp³-hybridized carbons (Fsp3) is 0.300. The minimum atomic E-state index is -0.177. The fourth-order valence-corrected chi connectivity index (χ4v) is 3.59. The second-order valence-electron chi connectivity index (χ2n) is 6.83. The molecule has 2 amide bonds. The maximum Gasteiger partial charge on any atom is 0.255 e. The van der Waals surface area contributed by atoms with Gasteiger partial charge in [-0.15, -0.1) is 0 Å². The number of aryl methyl sites for hydroxylation is 2. The molecule has 1 atom stereocenters. The number of nitrogens with one attached hydrogen (secondary N) is 2. The van der Waals surface area contributed by atoms with Gasteiger partial charge in [-0.1, -0.05) is 6.07 Å². The lowest BCUT2D eigenvalue weighted by Gasteiger charge is -2.33. The molecule has 2 aromatic carbocycles. The third kappa shape index (κ3) is 2.76. The van der Waals surface area contributed by atoms with Crippen LogP contribution in [-0.4, -0.2) is 24.4 Å². The SMILES string of the molecule is Cc1ccc(NC(=O)c2ccc3c(c2)NC(=O)C2CCCN32)cc1C. The summed E-state index contributed by atoms with van der Waals surface area (Å²) in [7, 11) is 0. The molecule has 1 saturated heterocycles. The van der Waals surface area contributed by atoms with E-state index in [1.54, 1.807) is 6.07 Å². The molecule has 2 aromatic rings. The van der Waals surface area contributed by atoms with Crippen molar-refractivity contribution in [3.63, 3.8) is 0 Å². The first-order chi connectivity index (χ1) is 12.0. The van der Waals surface area contributed by atoms with E-state index < -0.39 is 0 Å². The van der Waals surface area contributed by atoms with Gasteiger partial charge in [-0.2, -0.15) is 0 Å². The van der Waals surface area contributed by atoms with Crippen molar-refractivity contribution in [2.75, 3.05) is 22.1 Å². The normalized spacial score (nSPS) is 18.4. The molecule has 128 valence electrons. The van der Waals surface area contributed by atoms with E-state index in [2.05, 4.69) is 15.5 Å². The number of rotatable bonds is 2. The predicted molar refractivity (Wildman–Crippen MR) is 99.3 cm³/mol. The largest absolute Gasteiger partial charge is 0.358 e. The highest BCUT2D eigenvalue weighted by atomic mass is 16.2. The molecule has 1 fully saturated rings. The van der Waals surface area contributed by atoms with Crippen LogP contribution in [0.3, 0.4) is 0 Å². The van der Waals surface area contributed by atoms with Crippen molar-refractivity contribution in [3.05, 3.63) is 53.1 Å². The lowest BCUT2D eigenvalue weighted by Crippen LogP contribution is -2.43. The number of anilines is 3. The van der Waals surface area contributed by atoms with Crippen LogP contribution in [0.25, 0.3) is 0 Å². The molecule has 1 unspecified atom stereocenters. The number of hydrogen-bond acceptors (Lipinski definition) is 3. The lowest BCUT2D eigenvalue weighted by molar-refractivity contribution is -0.117. The molecule has 0 bridgehead atoms. The van der Waals surface area contributed by atoms with E-state index >= 15 is 0 Å². The molecule has 4 rings (SSSR count). The summed E-state index contributed by atoms with van der Waals surface area (Å²) < 4.78 is 0. The highest BCUT2D eigenvalue weighted by molar-refractivity contribution is 6.08. The maximum absolute atomic E-state index is 12.6. The van der Waals surface area contributed by atoms with Gasteiger partial charge >= 0.3 is 0 Å². The first-order valence-electron chi connectivity index (χ1n) is 8.63. The Hall–Kier alpha value is -2.82. The van der Waals surface area contributed by atoms with Gasteiger partial charge < -0.3 is 15.5 Å². The maximum atomic E-state index is 12.6. The highest BCUT2D eigenvalue weighted by Gasteiger charge is 2.36. The molecule has 0 saturated carbocycles. The monoisotopic (exact) mass is 335 g/mol. The van der Waals surface area contributed by atoms with E-state index in [0.29, 0.717) is 5.56 Å². The Labute approximate surface area is 147 Å². The second-order valence-corrected chi connectivity index (χ2v) is 6.83. The minimum absolute atomic E-state index is 0.0247. The number of nitrogens with zero attached hydrogens (tertiary/aromatic N) is 1. The van der Waals surface area contributed by atoms with E-state index in [9.17, 15) is 9.59 Å². The third-order valence-corrected chi connectivity index (χ3v) is 5.15. The third-order valence-electron chi connectivity index (χ3n) is 5.15. The average molecular weight is 335 g/mol. The summed E-state index contributed by atoms with van der Waals surface area (Å²) >= 11 is 0. The fourth-order valence-electron chi connectivity index (χ4n) is 3.59. The molecule has 2 aliphatic rings. The molecule has 5 heteroatoms. The highest BCUT2D eigenvalue weighted by Crippen LogP contribution is 2.37. The number of carbonyl (C=O) groups excluding carboxylic acids is 2. The van der Waals surface area contributed by atoms with E-state index in [0.717, 1.165) is 42.0 Å². The van der Waals surface area contributed by atoms with Crippen LogP contribution in [0.2, 0.25) is 0 Å². The van der Waals surface area contributed by atoms with E-state index in [1.165, 1.54) is 5.56 Å². The van der Waals surface area contributed by atoms with Gasteiger partial charge in [-0.3, -0.25) is 9.59 Å². The number of amides is 2. The average Bonchev–Trinajstić information content (AvgIpc) is 3.08. The van der Waals surface area contributed by atoms with Crippen LogP contribution in [0.5, 0.6) is 0 Å². The van der Waals surface area contributed by atoms with Crippen molar-refractivity contribution in [1.29, 1.82) is 0 Å². The molecule has 5 nitrogen and oxygen atoms in total. The summed E-state index contributed by atoms with van der Waals surface area (Å²) in [6.45, 7) is 4.95. The van der Waals surface area contributed by atoms with Gasteiger partial charge in [0.05, 0.1) is 11.4 Å². The molecule has 0 radical (unpaired) electrons. The number of carbonyl (C=O) groups is 2. The van der Waals surface area contributed by atoms with Crippen LogP contribution in [0.4, 0.5) is 17.1 Å². The van der Waals surface area contributed by atoms with Gasteiger partial charge in [0.25, 0.3) is 5.91 Å². The number of fused-ring (bicyclic) bond motifs is 3. The standard InChI is InChI=1S/C20H21N3O2/c1-12-5-7-15(10-13(12)2)21-19(24)14-6-8-17-16(11-14)22-20(25)18-4-3-9-23(17)18/h5-8,10-11,18H,3-4,9H2,1-2H3,(H,21,24)(H,22,25). The second kappa shape index (κ2) is 5.92. The molecule has 2 aliphatic heterocycles. The van der Waals surface area contributed by atoms with Crippen molar-refractivity contribution < 1.29 is 9.59 Å². The molecule has 2 N–H and O–H groups in total. The predicted octanol–water partition coefficient (Wildman–Crippen LogP) is 3.48. The van der Waals surface area contributed by atoms with Gasteiger partial charge in [-0.05, 0) is 68.1 Å². The summed E-state index contributed by atoms with van der Waals surface area (Å²) in [5.74, 6) is -0.152. The minimum Gasteiger partial charge on any atom is -0.358 e. The van der Waals surface area contributed by atoms with Gasteiger partial charge in [0.15, 0.2) is 0 Å². The molecule has 2 heterocycles. The van der Waals surface area contributed by atoms with Crippen molar-refractivity contribution in [2.24, 2.45) is 0 Å². The van der Waals surface area contributed by atoms with Gasteiger partial charge in [0.2, 0.25) is 5.91 Å². The van der Waals surface area contributed by atoms with E-state index in [4.69, 9.17) is 0 Å². The Kier molecular flexibility index (Phi) is 3.71. The van der Waals surface area contributed by atoms with Crippen molar-refractivity contribution in [2.45, 2.75) is 32.7 Å². The van der Waals surface area contributed by atoms with E-state index in [-0.39, 0.29) is 17.9 Å². The van der Waals surface area contributed by atoms with Crippen molar-refractivity contribution >= 4 is 28.9 Å².